The van der Waals surface area contributed by atoms with Crippen molar-refractivity contribution < 1.29 is 0 Å². The van der Waals surface area contributed by atoms with Crippen molar-refractivity contribution >= 4 is 23.6 Å². The van der Waals surface area contributed by atoms with Crippen LogP contribution >= 0.6 is 11.9 Å². The molecular weight excluding hydrogens is 258 g/mol. The highest BCUT2D eigenvalue weighted by molar-refractivity contribution is 7.99. The maximum Gasteiger partial charge on any atom is 0.163 e. The molecular formula is C13H25N5S. The summed E-state index contributed by atoms with van der Waals surface area (Å²) in [5.74, 6) is 1.93. The van der Waals surface area contributed by atoms with Crippen LogP contribution in [0, 0.1) is 6.92 Å². The predicted octanol–water partition coefficient (Wildman–Crippen LogP) is 1.94. The van der Waals surface area contributed by atoms with E-state index in [1.54, 1.807) is 11.9 Å². The molecule has 0 spiro atoms. The van der Waals surface area contributed by atoms with Crippen LogP contribution in [0.5, 0.6) is 0 Å². The first-order valence-corrected chi connectivity index (χ1v) is 7.98. The Kier molecular flexibility index (Phi) is 6.94. The van der Waals surface area contributed by atoms with Crippen molar-refractivity contribution in [2.75, 3.05) is 48.7 Å². The summed E-state index contributed by atoms with van der Waals surface area (Å²) < 4.78 is 2.03. The van der Waals surface area contributed by atoms with Gasteiger partial charge in [0.15, 0.2) is 11.6 Å². The number of nitrogens with one attached hydrogen (secondary N) is 1. The summed E-state index contributed by atoms with van der Waals surface area (Å²) in [6.07, 6.45) is 2.03. The zero-order valence-electron chi connectivity index (χ0n) is 12.6. The summed E-state index contributed by atoms with van der Waals surface area (Å²) >= 11 is 1.64. The SMILES string of the molecule is CC.CSN(C)c1nnc(N2CCNCC2)cc1C. The molecule has 2 rings (SSSR count). The molecule has 5 nitrogen and oxygen atoms in total. The van der Waals surface area contributed by atoms with Crippen molar-refractivity contribution in [3.05, 3.63) is 11.6 Å². The van der Waals surface area contributed by atoms with Gasteiger partial charge in [0.25, 0.3) is 0 Å². The van der Waals surface area contributed by atoms with Crippen LogP contribution in [-0.2, 0) is 0 Å². The van der Waals surface area contributed by atoms with E-state index in [2.05, 4.69) is 33.4 Å². The van der Waals surface area contributed by atoms with Crippen LogP contribution in [0.2, 0.25) is 0 Å². The van der Waals surface area contributed by atoms with Gasteiger partial charge in [-0.1, -0.05) is 25.8 Å². The largest absolute Gasteiger partial charge is 0.353 e. The highest BCUT2D eigenvalue weighted by Crippen LogP contribution is 2.22. The number of rotatable bonds is 3. The first-order valence-electron chi connectivity index (χ1n) is 6.80. The second-order valence-corrected chi connectivity index (χ2v) is 5.04. The van der Waals surface area contributed by atoms with Crippen molar-refractivity contribution in [1.29, 1.82) is 0 Å². The molecule has 6 heteroatoms. The zero-order chi connectivity index (χ0) is 14.3. The second kappa shape index (κ2) is 8.22. The number of anilines is 2. The zero-order valence-corrected chi connectivity index (χ0v) is 13.4. The average molecular weight is 283 g/mol. The molecule has 1 aliphatic rings. The average Bonchev–Trinajstić information content (AvgIpc) is 2.49. The minimum absolute atomic E-state index is 0.941. The molecule has 0 bridgehead atoms. The lowest BCUT2D eigenvalue weighted by Crippen LogP contribution is -2.44. The molecule has 1 fully saturated rings. The standard InChI is InChI=1S/C11H19N5S.C2H6/c1-9-8-10(16-6-4-12-5-7-16)13-14-11(9)15(2)17-3;1-2/h8,12H,4-7H2,1-3H3;1-2H3. The first-order chi connectivity index (χ1) is 9.22. The molecule has 0 aromatic carbocycles. The Bertz CT molecular complexity index is 379. The Morgan fingerprint density at radius 2 is 1.89 bits per heavy atom. The molecule has 0 aliphatic carbocycles. The van der Waals surface area contributed by atoms with Gasteiger partial charge in [-0.05, 0) is 18.6 Å². The van der Waals surface area contributed by atoms with Gasteiger partial charge in [0.1, 0.15) is 0 Å². The van der Waals surface area contributed by atoms with Gasteiger partial charge in [0.2, 0.25) is 0 Å². The summed E-state index contributed by atoms with van der Waals surface area (Å²) in [5.41, 5.74) is 1.17. The van der Waals surface area contributed by atoms with Crippen molar-refractivity contribution in [3.8, 4) is 0 Å². The third-order valence-electron chi connectivity index (χ3n) is 2.96. The van der Waals surface area contributed by atoms with Crippen molar-refractivity contribution in [2.24, 2.45) is 0 Å². The molecule has 1 aromatic heterocycles. The van der Waals surface area contributed by atoms with Gasteiger partial charge >= 0.3 is 0 Å². The summed E-state index contributed by atoms with van der Waals surface area (Å²) in [6, 6.07) is 2.13. The lowest BCUT2D eigenvalue weighted by molar-refractivity contribution is 0.582. The Hall–Kier alpha value is -1.01. The van der Waals surface area contributed by atoms with Gasteiger partial charge in [-0.25, -0.2) is 0 Å². The maximum absolute atomic E-state index is 4.33. The van der Waals surface area contributed by atoms with Crippen LogP contribution in [0.15, 0.2) is 6.07 Å². The van der Waals surface area contributed by atoms with Gasteiger partial charge in [-0.15, -0.1) is 10.2 Å². The van der Waals surface area contributed by atoms with Crippen molar-refractivity contribution in [1.82, 2.24) is 15.5 Å². The number of aromatic nitrogens is 2. The summed E-state index contributed by atoms with van der Waals surface area (Å²) in [5, 5.41) is 12.0. The van der Waals surface area contributed by atoms with E-state index in [1.807, 2.05) is 31.5 Å². The molecule has 1 saturated heterocycles. The van der Waals surface area contributed by atoms with Crippen LogP contribution in [0.4, 0.5) is 11.6 Å². The molecule has 0 saturated carbocycles. The molecule has 2 heterocycles. The summed E-state index contributed by atoms with van der Waals surface area (Å²) in [6.45, 7) is 10.1. The molecule has 0 atom stereocenters. The normalized spacial score (nSPS) is 14.7. The Morgan fingerprint density at radius 3 is 2.42 bits per heavy atom. The van der Waals surface area contributed by atoms with Crippen LogP contribution < -0.4 is 14.5 Å². The second-order valence-electron chi connectivity index (χ2n) is 4.13. The van der Waals surface area contributed by atoms with E-state index in [4.69, 9.17) is 0 Å². The minimum atomic E-state index is 0.941. The molecule has 0 unspecified atom stereocenters. The van der Waals surface area contributed by atoms with Gasteiger partial charge < -0.3 is 14.5 Å². The van der Waals surface area contributed by atoms with E-state index in [1.165, 1.54) is 5.56 Å². The molecule has 1 aromatic rings. The molecule has 19 heavy (non-hydrogen) atoms. The van der Waals surface area contributed by atoms with Crippen LogP contribution in [0.1, 0.15) is 19.4 Å². The topological polar surface area (TPSA) is 44.3 Å². The number of hydrogen-bond acceptors (Lipinski definition) is 6. The maximum atomic E-state index is 4.33. The third kappa shape index (κ3) is 4.24. The Balaban J connectivity index is 0.000000861. The first kappa shape index (κ1) is 16.0. The lowest BCUT2D eigenvalue weighted by atomic mass is 10.3. The third-order valence-corrected chi connectivity index (χ3v) is 3.68. The van der Waals surface area contributed by atoms with E-state index in [-0.39, 0.29) is 0 Å². The fourth-order valence-corrected chi connectivity index (χ4v) is 2.26. The number of piperazine rings is 1. The van der Waals surface area contributed by atoms with Gasteiger partial charge in [0, 0.05) is 39.5 Å². The smallest absolute Gasteiger partial charge is 0.163 e. The van der Waals surface area contributed by atoms with Crippen LogP contribution in [0.3, 0.4) is 0 Å². The van der Waals surface area contributed by atoms with Gasteiger partial charge in [0.05, 0.1) is 0 Å². The van der Waals surface area contributed by atoms with Crippen molar-refractivity contribution in [2.45, 2.75) is 20.8 Å². The highest BCUT2D eigenvalue weighted by Gasteiger charge is 2.14. The monoisotopic (exact) mass is 283 g/mol. The summed E-state index contributed by atoms with van der Waals surface area (Å²) in [4.78, 5) is 2.28. The van der Waals surface area contributed by atoms with Crippen molar-refractivity contribution in [3.63, 3.8) is 0 Å². The highest BCUT2D eigenvalue weighted by atomic mass is 32.2. The fraction of sp³-hybridized carbons (Fsp3) is 0.692. The van der Waals surface area contributed by atoms with Gasteiger partial charge in [-0.2, -0.15) is 0 Å². The Labute approximate surface area is 120 Å². The van der Waals surface area contributed by atoms with Gasteiger partial charge in [-0.3, -0.25) is 0 Å². The van der Waals surface area contributed by atoms with E-state index in [0.717, 1.165) is 37.8 Å². The quantitative estimate of drug-likeness (QED) is 0.855. The minimum Gasteiger partial charge on any atom is -0.353 e. The fourth-order valence-electron chi connectivity index (χ4n) is 1.91. The van der Waals surface area contributed by atoms with E-state index in [0.29, 0.717) is 0 Å². The molecule has 108 valence electrons. The van der Waals surface area contributed by atoms with E-state index in [9.17, 15) is 0 Å². The Morgan fingerprint density at radius 1 is 1.26 bits per heavy atom. The van der Waals surface area contributed by atoms with Crippen LogP contribution in [-0.4, -0.2) is 49.7 Å². The van der Waals surface area contributed by atoms with E-state index < -0.39 is 0 Å². The number of hydrogen-bond donors (Lipinski definition) is 1. The molecule has 0 amide bonds. The van der Waals surface area contributed by atoms with Crippen LogP contribution in [0.25, 0.3) is 0 Å². The molecule has 1 N–H and O–H groups in total. The number of aryl methyl sites for hydroxylation is 1. The predicted molar refractivity (Wildman–Crippen MR) is 85.1 cm³/mol. The molecule has 0 radical (unpaired) electrons. The summed E-state index contributed by atoms with van der Waals surface area (Å²) in [7, 11) is 2.01. The number of nitrogens with zero attached hydrogens (tertiary/aromatic N) is 4. The molecule has 1 aliphatic heterocycles. The van der Waals surface area contributed by atoms with E-state index >= 15 is 0 Å². The lowest BCUT2D eigenvalue weighted by Gasteiger charge is -2.28.